The molecule has 0 aliphatic carbocycles. The molecule has 0 bridgehead atoms. The fraction of sp³-hybridized carbons (Fsp3) is 0.667. The highest BCUT2D eigenvalue weighted by atomic mass is 16.7. The number of carbonyl (C=O) groups is 1. The van der Waals surface area contributed by atoms with Crippen LogP contribution in [0.3, 0.4) is 0 Å². The first-order valence-electron chi connectivity index (χ1n) is 10.3. The van der Waals surface area contributed by atoms with Crippen molar-refractivity contribution in [3.05, 3.63) is 23.8 Å². The number of nitrogens with zero attached hydrogens (tertiary/aromatic N) is 3. The van der Waals surface area contributed by atoms with Gasteiger partial charge >= 0.3 is 0 Å². The van der Waals surface area contributed by atoms with Crippen LogP contribution in [0.5, 0.6) is 11.5 Å². The van der Waals surface area contributed by atoms with E-state index in [0.717, 1.165) is 70.2 Å². The Labute approximate surface area is 167 Å². The third-order valence-electron chi connectivity index (χ3n) is 6.00. The van der Waals surface area contributed by atoms with Crippen LogP contribution in [0.1, 0.15) is 32.3 Å². The van der Waals surface area contributed by atoms with Crippen LogP contribution >= 0.6 is 0 Å². The van der Waals surface area contributed by atoms with Gasteiger partial charge in [-0.1, -0.05) is 6.07 Å². The summed E-state index contributed by atoms with van der Waals surface area (Å²) in [6, 6.07) is 6.67. The largest absolute Gasteiger partial charge is 0.454 e. The molecular weight excluding hydrogens is 356 g/mol. The van der Waals surface area contributed by atoms with Gasteiger partial charge in [0.25, 0.3) is 0 Å². The van der Waals surface area contributed by atoms with Gasteiger partial charge in [0, 0.05) is 51.9 Å². The zero-order valence-corrected chi connectivity index (χ0v) is 17.0. The van der Waals surface area contributed by atoms with E-state index in [-0.39, 0.29) is 5.91 Å². The van der Waals surface area contributed by atoms with E-state index in [0.29, 0.717) is 12.8 Å². The Morgan fingerprint density at radius 2 is 1.89 bits per heavy atom. The number of nitrogens with two attached hydrogens (primary N) is 1. The Kier molecular flexibility index (Phi) is 5.49. The number of ether oxygens (including phenoxy) is 2. The Morgan fingerprint density at radius 1 is 1.14 bits per heavy atom. The van der Waals surface area contributed by atoms with Crippen LogP contribution < -0.4 is 15.2 Å². The van der Waals surface area contributed by atoms with Gasteiger partial charge in [-0.05, 0) is 44.4 Å². The molecule has 7 nitrogen and oxygen atoms in total. The molecule has 0 unspecified atom stereocenters. The third kappa shape index (κ3) is 4.26. The molecular formula is C21H32N4O3. The molecule has 1 atom stereocenters. The zero-order valence-electron chi connectivity index (χ0n) is 17.0. The Hall–Kier alpha value is -1.83. The quantitative estimate of drug-likeness (QED) is 0.837. The van der Waals surface area contributed by atoms with Gasteiger partial charge < -0.3 is 20.1 Å². The van der Waals surface area contributed by atoms with Crippen LogP contribution in [0.25, 0.3) is 0 Å². The number of fused-ring (bicyclic) bond motifs is 1. The molecule has 2 fully saturated rings. The fourth-order valence-corrected chi connectivity index (χ4v) is 4.43. The van der Waals surface area contributed by atoms with Crippen LogP contribution in [0.4, 0.5) is 0 Å². The van der Waals surface area contributed by atoms with Crippen LogP contribution in [0.15, 0.2) is 18.2 Å². The van der Waals surface area contributed by atoms with E-state index in [1.807, 2.05) is 11.0 Å². The number of piperazine rings is 1. The number of benzene rings is 1. The minimum absolute atomic E-state index is 0.0682. The first-order valence-corrected chi connectivity index (χ1v) is 10.3. The molecule has 1 amide bonds. The van der Waals surface area contributed by atoms with Crippen molar-refractivity contribution >= 4 is 5.91 Å². The summed E-state index contributed by atoms with van der Waals surface area (Å²) >= 11 is 0. The first-order chi connectivity index (χ1) is 13.4. The highest BCUT2D eigenvalue weighted by Crippen LogP contribution is 2.33. The molecule has 154 valence electrons. The van der Waals surface area contributed by atoms with Crippen molar-refractivity contribution in [3.63, 3.8) is 0 Å². The minimum atomic E-state index is -0.787. The maximum absolute atomic E-state index is 12.5. The van der Waals surface area contributed by atoms with Gasteiger partial charge in [-0.25, -0.2) is 0 Å². The average molecular weight is 389 g/mol. The van der Waals surface area contributed by atoms with Crippen molar-refractivity contribution in [1.29, 1.82) is 0 Å². The fourth-order valence-electron chi connectivity index (χ4n) is 4.43. The number of hydrogen-bond donors (Lipinski definition) is 1. The summed E-state index contributed by atoms with van der Waals surface area (Å²) in [4.78, 5) is 19.5. The predicted octanol–water partition coefficient (Wildman–Crippen LogP) is 1.26. The summed E-state index contributed by atoms with van der Waals surface area (Å²) in [6.07, 6.45) is 2.22. The Bertz CT molecular complexity index is 710. The maximum Gasteiger partial charge on any atom is 0.242 e. The van der Waals surface area contributed by atoms with Crippen molar-refractivity contribution in [2.45, 2.75) is 44.8 Å². The van der Waals surface area contributed by atoms with Crippen molar-refractivity contribution < 1.29 is 14.3 Å². The lowest BCUT2D eigenvalue weighted by molar-refractivity contribution is -0.138. The number of rotatable bonds is 4. The standard InChI is InChI=1S/C21H32N4O3/c1-21(2,22)20(26)25-7-3-4-17(14-25)24-10-8-23(9-11-24)13-16-5-6-18-19(12-16)28-15-27-18/h5-6,12,17H,3-4,7-11,13-15,22H2,1-2H3/t17-/m1/s1. The lowest BCUT2D eigenvalue weighted by Gasteiger charge is -2.44. The molecule has 4 rings (SSSR count). The van der Waals surface area contributed by atoms with E-state index in [1.165, 1.54) is 5.56 Å². The summed E-state index contributed by atoms with van der Waals surface area (Å²) in [6.45, 7) is 10.7. The molecule has 3 aliphatic heterocycles. The molecule has 1 aromatic rings. The topological polar surface area (TPSA) is 71.3 Å². The van der Waals surface area contributed by atoms with Crippen LogP contribution in [0, 0.1) is 0 Å². The summed E-state index contributed by atoms with van der Waals surface area (Å²) in [5, 5.41) is 0. The SMILES string of the molecule is CC(C)(N)C(=O)N1CCC[C@@H](N2CCN(Cc3ccc4c(c3)OCO4)CC2)C1. The molecule has 1 aromatic carbocycles. The molecule has 0 radical (unpaired) electrons. The van der Waals surface area contributed by atoms with Crippen molar-refractivity contribution in [2.75, 3.05) is 46.1 Å². The van der Waals surface area contributed by atoms with Crippen LogP contribution in [-0.4, -0.2) is 78.2 Å². The predicted molar refractivity (Wildman–Crippen MR) is 107 cm³/mol. The summed E-state index contributed by atoms with van der Waals surface area (Å²) in [7, 11) is 0. The van der Waals surface area contributed by atoms with Crippen molar-refractivity contribution in [3.8, 4) is 11.5 Å². The lowest BCUT2D eigenvalue weighted by atomic mass is 9.99. The van der Waals surface area contributed by atoms with Gasteiger partial charge in [-0.15, -0.1) is 0 Å². The summed E-state index contributed by atoms with van der Waals surface area (Å²) in [5.74, 6) is 1.76. The molecule has 28 heavy (non-hydrogen) atoms. The molecule has 2 N–H and O–H groups in total. The molecule has 0 saturated carbocycles. The van der Waals surface area contributed by atoms with E-state index in [2.05, 4.69) is 21.9 Å². The zero-order chi connectivity index (χ0) is 19.7. The second kappa shape index (κ2) is 7.89. The van der Waals surface area contributed by atoms with Gasteiger partial charge in [0.15, 0.2) is 11.5 Å². The van der Waals surface area contributed by atoms with E-state index >= 15 is 0 Å². The van der Waals surface area contributed by atoms with Crippen molar-refractivity contribution in [2.24, 2.45) is 5.73 Å². The Morgan fingerprint density at radius 3 is 2.64 bits per heavy atom. The van der Waals surface area contributed by atoms with Crippen LogP contribution in [0.2, 0.25) is 0 Å². The Balaban J connectivity index is 1.28. The van der Waals surface area contributed by atoms with Gasteiger partial charge in [-0.2, -0.15) is 0 Å². The number of likely N-dealkylation sites (tertiary alicyclic amines) is 1. The number of piperidine rings is 1. The van der Waals surface area contributed by atoms with Crippen LogP contribution in [-0.2, 0) is 11.3 Å². The summed E-state index contributed by atoms with van der Waals surface area (Å²) < 4.78 is 10.9. The number of hydrogen-bond acceptors (Lipinski definition) is 6. The van der Waals surface area contributed by atoms with E-state index in [9.17, 15) is 4.79 Å². The van der Waals surface area contributed by atoms with E-state index in [4.69, 9.17) is 15.2 Å². The van der Waals surface area contributed by atoms with Gasteiger partial charge in [0.1, 0.15) is 0 Å². The van der Waals surface area contributed by atoms with Gasteiger partial charge in [0.05, 0.1) is 5.54 Å². The average Bonchev–Trinajstić information content (AvgIpc) is 3.15. The monoisotopic (exact) mass is 388 g/mol. The second-order valence-corrected chi connectivity index (χ2v) is 8.77. The first kappa shape index (κ1) is 19.5. The summed E-state index contributed by atoms with van der Waals surface area (Å²) in [5.41, 5.74) is 6.51. The van der Waals surface area contributed by atoms with Crippen molar-refractivity contribution in [1.82, 2.24) is 14.7 Å². The molecule has 0 spiro atoms. The smallest absolute Gasteiger partial charge is 0.242 e. The molecule has 3 heterocycles. The molecule has 2 saturated heterocycles. The second-order valence-electron chi connectivity index (χ2n) is 8.77. The molecule has 0 aromatic heterocycles. The number of amides is 1. The van der Waals surface area contributed by atoms with E-state index < -0.39 is 5.54 Å². The van der Waals surface area contributed by atoms with E-state index in [1.54, 1.807) is 13.8 Å². The normalized spacial score (nSPS) is 23.8. The van der Waals surface area contributed by atoms with Gasteiger partial charge in [0.2, 0.25) is 12.7 Å². The lowest BCUT2D eigenvalue weighted by Crippen LogP contribution is -2.59. The maximum atomic E-state index is 12.5. The number of carbonyl (C=O) groups excluding carboxylic acids is 1. The highest BCUT2D eigenvalue weighted by Gasteiger charge is 2.34. The highest BCUT2D eigenvalue weighted by molar-refractivity contribution is 5.85. The third-order valence-corrected chi connectivity index (χ3v) is 6.00. The molecule has 3 aliphatic rings. The van der Waals surface area contributed by atoms with Gasteiger partial charge in [-0.3, -0.25) is 14.6 Å². The molecule has 7 heteroatoms. The minimum Gasteiger partial charge on any atom is -0.454 e.